The van der Waals surface area contributed by atoms with Crippen LogP contribution in [-0.2, 0) is 11.0 Å². The molecule has 1 fully saturated rings. The molecule has 8 heteroatoms. The monoisotopic (exact) mass is 385 g/mol. The summed E-state index contributed by atoms with van der Waals surface area (Å²) < 4.78 is 39.4. The van der Waals surface area contributed by atoms with E-state index in [0.717, 1.165) is 18.9 Å². The van der Waals surface area contributed by atoms with Crippen LogP contribution in [0.4, 0.5) is 13.2 Å². The molecule has 1 heterocycles. The van der Waals surface area contributed by atoms with Gasteiger partial charge in [0.15, 0.2) is 0 Å². The van der Waals surface area contributed by atoms with Crippen LogP contribution < -0.4 is 5.32 Å². The van der Waals surface area contributed by atoms with Gasteiger partial charge in [-0.2, -0.15) is 13.2 Å². The van der Waals surface area contributed by atoms with E-state index in [1.807, 2.05) is 11.8 Å². The van der Waals surface area contributed by atoms with Crippen LogP contribution in [0, 0.1) is 0 Å². The lowest BCUT2D eigenvalue weighted by Crippen LogP contribution is -2.51. The first-order valence-electron chi connectivity index (χ1n) is 9.19. The molecule has 1 N–H and O–H groups in total. The Balaban J connectivity index is 1.91. The van der Waals surface area contributed by atoms with Crippen molar-refractivity contribution in [3.05, 3.63) is 35.4 Å². The van der Waals surface area contributed by atoms with E-state index >= 15 is 0 Å². The quantitative estimate of drug-likeness (QED) is 0.819. The second-order valence-electron chi connectivity index (χ2n) is 6.87. The fourth-order valence-electron chi connectivity index (χ4n) is 3.22. The van der Waals surface area contributed by atoms with Gasteiger partial charge in [-0.1, -0.05) is 25.5 Å². The van der Waals surface area contributed by atoms with E-state index in [2.05, 4.69) is 12.2 Å². The first-order valence-corrected chi connectivity index (χ1v) is 9.19. The minimum Gasteiger partial charge on any atom is -0.353 e. The van der Waals surface area contributed by atoms with Gasteiger partial charge >= 0.3 is 6.18 Å². The predicted molar refractivity (Wildman–Crippen MR) is 96.3 cm³/mol. The van der Waals surface area contributed by atoms with Crippen molar-refractivity contribution in [1.82, 2.24) is 15.1 Å². The van der Waals surface area contributed by atoms with Gasteiger partial charge in [-0.05, 0) is 25.5 Å². The van der Waals surface area contributed by atoms with Crippen molar-refractivity contribution in [2.75, 3.05) is 32.7 Å². The van der Waals surface area contributed by atoms with Crippen molar-refractivity contribution in [2.24, 2.45) is 0 Å². The average Bonchev–Trinajstić information content (AvgIpc) is 2.61. The summed E-state index contributed by atoms with van der Waals surface area (Å²) in [6, 6.07) is 4.95. The molecule has 1 aliphatic heterocycles. The molecule has 2 amide bonds. The normalized spacial score (nSPS) is 16.9. The summed E-state index contributed by atoms with van der Waals surface area (Å²) in [5.41, 5.74) is -1.24. The molecule has 0 aromatic heterocycles. The van der Waals surface area contributed by atoms with Crippen molar-refractivity contribution < 1.29 is 22.8 Å². The topological polar surface area (TPSA) is 52.7 Å². The Labute approximate surface area is 157 Å². The lowest BCUT2D eigenvalue weighted by molar-refractivity contribution is -0.138. The molecular formula is C19H26F3N3O2. The van der Waals surface area contributed by atoms with Gasteiger partial charge in [-0.3, -0.25) is 14.5 Å². The molecule has 5 nitrogen and oxygen atoms in total. The number of benzene rings is 1. The second-order valence-corrected chi connectivity index (χ2v) is 6.87. The number of piperazine rings is 1. The van der Waals surface area contributed by atoms with Gasteiger partial charge in [0.25, 0.3) is 5.91 Å². The van der Waals surface area contributed by atoms with Crippen molar-refractivity contribution in [1.29, 1.82) is 0 Å². The zero-order valence-electron chi connectivity index (χ0n) is 15.7. The number of nitrogens with one attached hydrogen (secondary N) is 1. The molecule has 1 aliphatic rings. The molecule has 27 heavy (non-hydrogen) atoms. The highest BCUT2D eigenvalue weighted by atomic mass is 19.4. The van der Waals surface area contributed by atoms with E-state index in [9.17, 15) is 22.8 Å². The molecule has 0 aliphatic carbocycles. The van der Waals surface area contributed by atoms with Gasteiger partial charge in [0.1, 0.15) is 0 Å². The van der Waals surface area contributed by atoms with E-state index in [4.69, 9.17) is 0 Å². The largest absolute Gasteiger partial charge is 0.417 e. The van der Waals surface area contributed by atoms with Crippen LogP contribution in [0.15, 0.2) is 24.3 Å². The molecule has 150 valence electrons. The molecule has 1 saturated heterocycles. The van der Waals surface area contributed by atoms with Gasteiger partial charge < -0.3 is 10.2 Å². The smallest absolute Gasteiger partial charge is 0.353 e. The molecule has 1 aromatic carbocycles. The second kappa shape index (κ2) is 9.21. The predicted octanol–water partition coefficient (Wildman–Crippen LogP) is 2.77. The van der Waals surface area contributed by atoms with E-state index in [-0.39, 0.29) is 24.1 Å². The maximum atomic E-state index is 13.1. The van der Waals surface area contributed by atoms with E-state index in [1.165, 1.54) is 23.1 Å². The summed E-state index contributed by atoms with van der Waals surface area (Å²) in [5, 5.41) is 2.93. The highest BCUT2D eigenvalue weighted by Gasteiger charge is 2.36. The van der Waals surface area contributed by atoms with Crippen LogP contribution in [-0.4, -0.2) is 60.4 Å². The van der Waals surface area contributed by atoms with Gasteiger partial charge in [-0.25, -0.2) is 0 Å². The number of carbonyl (C=O) groups is 2. The zero-order chi connectivity index (χ0) is 20.0. The first kappa shape index (κ1) is 21.2. The van der Waals surface area contributed by atoms with E-state index in [1.54, 1.807) is 0 Å². The van der Waals surface area contributed by atoms with Crippen LogP contribution >= 0.6 is 0 Å². The maximum absolute atomic E-state index is 13.1. The summed E-state index contributed by atoms with van der Waals surface area (Å²) in [6.07, 6.45) is -2.67. The van der Waals surface area contributed by atoms with Gasteiger partial charge in [0.05, 0.1) is 17.7 Å². The lowest BCUT2D eigenvalue weighted by atomic mass is 10.1. The summed E-state index contributed by atoms with van der Waals surface area (Å²) in [5.74, 6) is -0.693. The van der Waals surface area contributed by atoms with Crippen molar-refractivity contribution >= 4 is 11.8 Å². The number of rotatable bonds is 6. The minimum atomic E-state index is -4.57. The Bertz CT molecular complexity index is 656. The minimum absolute atomic E-state index is 0.0712. The SMILES string of the molecule is CCCC(C)NC(=O)CN1CCN(C(=O)c2ccccc2C(F)(F)F)CC1. The standard InChI is InChI=1S/C19H26F3N3O2/c1-3-6-14(2)23-17(26)13-24-9-11-25(12-10-24)18(27)15-7-4-5-8-16(15)19(20,21)22/h4-5,7-8,14H,3,6,9-13H2,1-2H3,(H,23,26). The number of halogens is 3. The van der Waals surface area contributed by atoms with Crippen LogP contribution in [0.5, 0.6) is 0 Å². The Morgan fingerprint density at radius 2 is 1.78 bits per heavy atom. The number of hydrogen-bond donors (Lipinski definition) is 1. The van der Waals surface area contributed by atoms with Gasteiger partial charge in [0, 0.05) is 32.2 Å². The Morgan fingerprint density at radius 3 is 2.37 bits per heavy atom. The van der Waals surface area contributed by atoms with Gasteiger partial charge in [-0.15, -0.1) is 0 Å². The Hall–Kier alpha value is -2.09. The third-order valence-corrected chi connectivity index (χ3v) is 4.62. The van der Waals surface area contributed by atoms with E-state index < -0.39 is 17.6 Å². The molecule has 0 saturated carbocycles. The molecule has 0 radical (unpaired) electrons. The van der Waals surface area contributed by atoms with E-state index in [0.29, 0.717) is 26.2 Å². The number of hydrogen-bond acceptors (Lipinski definition) is 3. The Morgan fingerprint density at radius 1 is 1.15 bits per heavy atom. The fraction of sp³-hybridized carbons (Fsp3) is 0.579. The molecule has 1 atom stereocenters. The average molecular weight is 385 g/mol. The molecule has 1 unspecified atom stereocenters. The third-order valence-electron chi connectivity index (χ3n) is 4.62. The number of alkyl halides is 3. The van der Waals surface area contributed by atoms with Crippen molar-refractivity contribution in [3.63, 3.8) is 0 Å². The maximum Gasteiger partial charge on any atom is 0.417 e. The van der Waals surface area contributed by atoms with Crippen molar-refractivity contribution in [2.45, 2.75) is 38.9 Å². The summed E-state index contributed by atoms with van der Waals surface area (Å²) in [6.45, 7) is 5.73. The highest BCUT2D eigenvalue weighted by Crippen LogP contribution is 2.32. The fourth-order valence-corrected chi connectivity index (χ4v) is 3.22. The number of amides is 2. The van der Waals surface area contributed by atoms with Crippen molar-refractivity contribution in [3.8, 4) is 0 Å². The lowest BCUT2D eigenvalue weighted by Gasteiger charge is -2.35. The molecule has 2 rings (SSSR count). The summed E-state index contributed by atoms with van der Waals surface area (Å²) in [7, 11) is 0. The third kappa shape index (κ3) is 5.95. The zero-order valence-corrected chi connectivity index (χ0v) is 15.7. The molecule has 0 bridgehead atoms. The van der Waals surface area contributed by atoms with Crippen LogP contribution in [0.25, 0.3) is 0 Å². The number of nitrogens with zero attached hydrogens (tertiary/aromatic N) is 2. The first-order chi connectivity index (χ1) is 12.7. The highest BCUT2D eigenvalue weighted by molar-refractivity contribution is 5.96. The molecular weight excluding hydrogens is 359 g/mol. The molecule has 0 spiro atoms. The number of carbonyl (C=O) groups excluding carboxylic acids is 2. The van der Waals surface area contributed by atoms with Gasteiger partial charge in [0.2, 0.25) is 5.91 Å². The van der Waals surface area contributed by atoms with Crippen LogP contribution in [0.3, 0.4) is 0 Å². The Kier molecular flexibility index (Phi) is 7.24. The van der Waals surface area contributed by atoms with Crippen LogP contribution in [0.2, 0.25) is 0 Å². The summed E-state index contributed by atoms with van der Waals surface area (Å²) >= 11 is 0. The van der Waals surface area contributed by atoms with Crippen LogP contribution in [0.1, 0.15) is 42.6 Å². The molecule has 1 aromatic rings. The summed E-state index contributed by atoms with van der Waals surface area (Å²) in [4.78, 5) is 27.9.